The van der Waals surface area contributed by atoms with Crippen molar-refractivity contribution in [3.63, 3.8) is 0 Å². The highest BCUT2D eigenvalue weighted by Gasteiger charge is 2.00. The summed E-state index contributed by atoms with van der Waals surface area (Å²) in [4.78, 5) is 10.0. The lowest BCUT2D eigenvalue weighted by molar-refractivity contribution is -0.135. The Balaban J connectivity index is 3.56. The summed E-state index contributed by atoms with van der Waals surface area (Å²) in [5.41, 5.74) is 0. The Morgan fingerprint density at radius 2 is 2.00 bits per heavy atom. The molecule has 0 aliphatic carbocycles. The predicted molar refractivity (Wildman–Crippen MR) is 42.4 cm³/mol. The largest absolute Gasteiger partial charge is 0.502 e. The van der Waals surface area contributed by atoms with Crippen LogP contribution in [0.5, 0.6) is 0 Å². The third kappa shape index (κ3) is 5.21. The van der Waals surface area contributed by atoms with E-state index in [2.05, 4.69) is 6.58 Å². The molecule has 0 amide bonds. The maximum Gasteiger partial charge on any atom is 0.370 e. The van der Waals surface area contributed by atoms with Crippen LogP contribution in [0, 0.1) is 0 Å². The van der Waals surface area contributed by atoms with Crippen molar-refractivity contribution in [1.82, 2.24) is 0 Å². The fourth-order valence-electron chi connectivity index (χ4n) is 0.588. The number of carbonyl (C=O) groups is 1. The number of carboxylic acids is 1. The van der Waals surface area contributed by atoms with E-state index in [1.165, 1.54) is 6.08 Å². The lowest BCUT2D eigenvalue weighted by atomic mass is 10.2. The van der Waals surface area contributed by atoms with Gasteiger partial charge in [-0.1, -0.05) is 6.08 Å². The summed E-state index contributed by atoms with van der Waals surface area (Å²) in [6.45, 7) is 3.51. The predicted octanol–water partition coefficient (Wildman–Crippen LogP) is 1.87. The van der Waals surface area contributed by atoms with Gasteiger partial charge in [0, 0.05) is 0 Å². The number of aliphatic carboxylic acids is 1. The number of hydrogen-bond donors (Lipinski definition) is 2. The standard InChI is InChI=1S/C8H12O3/c1-2-3-4-5-6-7(9)8(10)11/h2,6,9H,1,3-5H2,(H,10,11). The van der Waals surface area contributed by atoms with Crippen molar-refractivity contribution in [2.75, 3.05) is 0 Å². The molecule has 0 fully saturated rings. The van der Waals surface area contributed by atoms with Crippen LogP contribution < -0.4 is 0 Å². The summed E-state index contributed by atoms with van der Waals surface area (Å²) < 4.78 is 0. The Hall–Kier alpha value is -1.25. The van der Waals surface area contributed by atoms with Crippen LogP contribution in [0.15, 0.2) is 24.5 Å². The second kappa shape index (κ2) is 5.53. The molecule has 3 heteroatoms. The van der Waals surface area contributed by atoms with Gasteiger partial charge in [0.2, 0.25) is 0 Å². The number of aliphatic hydroxyl groups is 1. The topological polar surface area (TPSA) is 57.5 Å². The molecule has 0 spiro atoms. The lowest BCUT2D eigenvalue weighted by Crippen LogP contribution is -1.98. The first-order valence-corrected chi connectivity index (χ1v) is 3.41. The molecule has 0 rings (SSSR count). The summed E-state index contributed by atoms with van der Waals surface area (Å²) >= 11 is 0. The SMILES string of the molecule is C=CCCCC=C(O)C(=O)O. The van der Waals surface area contributed by atoms with Gasteiger partial charge in [-0.25, -0.2) is 4.79 Å². The van der Waals surface area contributed by atoms with Crippen LogP contribution in [0.25, 0.3) is 0 Å². The first-order chi connectivity index (χ1) is 5.18. The molecule has 0 saturated heterocycles. The zero-order chi connectivity index (χ0) is 8.69. The van der Waals surface area contributed by atoms with Gasteiger partial charge in [-0.15, -0.1) is 6.58 Å². The van der Waals surface area contributed by atoms with Crippen LogP contribution in [-0.4, -0.2) is 16.2 Å². The smallest absolute Gasteiger partial charge is 0.370 e. The van der Waals surface area contributed by atoms with E-state index in [0.717, 1.165) is 12.8 Å². The number of rotatable bonds is 5. The van der Waals surface area contributed by atoms with Crippen LogP contribution in [0.1, 0.15) is 19.3 Å². The Morgan fingerprint density at radius 3 is 2.45 bits per heavy atom. The molecular weight excluding hydrogens is 144 g/mol. The van der Waals surface area contributed by atoms with Gasteiger partial charge in [0.1, 0.15) is 0 Å². The van der Waals surface area contributed by atoms with Crippen LogP contribution >= 0.6 is 0 Å². The monoisotopic (exact) mass is 156 g/mol. The molecule has 0 aliphatic rings. The maximum atomic E-state index is 10.0. The van der Waals surface area contributed by atoms with E-state index in [1.807, 2.05) is 0 Å². The number of unbranched alkanes of at least 4 members (excludes halogenated alkanes) is 2. The van der Waals surface area contributed by atoms with Gasteiger partial charge in [0.15, 0.2) is 5.76 Å². The van der Waals surface area contributed by atoms with Crippen molar-refractivity contribution in [2.45, 2.75) is 19.3 Å². The molecule has 0 aromatic rings. The molecular formula is C8H12O3. The minimum absolute atomic E-state index is 0.574. The number of allylic oxidation sites excluding steroid dienone is 2. The first kappa shape index (κ1) is 9.75. The molecule has 2 N–H and O–H groups in total. The van der Waals surface area contributed by atoms with Gasteiger partial charge >= 0.3 is 5.97 Å². The molecule has 0 aromatic heterocycles. The van der Waals surface area contributed by atoms with Crippen LogP contribution in [0.3, 0.4) is 0 Å². The van der Waals surface area contributed by atoms with E-state index >= 15 is 0 Å². The highest BCUT2D eigenvalue weighted by molar-refractivity contribution is 5.83. The highest BCUT2D eigenvalue weighted by Crippen LogP contribution is 1.99. The van der Waals surface area contributed by atoms with E-state index in [1.54, 1.807) is 6.08 Å². The zero-order valence-electron chi connectivity index (χ0n) is 6.29. The Kier molecular flexibility index (Phi) is 4.90. The van der Waals surface area contributed by atoms with E-state index < -0.39 is 11.7 Å². The molecule has 11 heavy (non-hydrogen) atoms. The third-order valence-electron chi connectivity index (χ3n) is 1.17. The number of hydrogen-bond acceptors (Lipinski definition) is 2. The van der Waals surface area contributed by atoms with Crippen molar-refractivity contribution in [2.24, 2.45) is 0 Å². The van der Waals surface area contributed by atoms with Crippen molar-refractivity contribution in [1.29, 1.82) is 0 Å². The van der Waals surface area contributed by atoms with Crippen LogP contribution in [0.2, 0.25) is 0 Å². The van der Waals surface area contributed by atoms with Crippen molar-refractivity contribution >= 4 is 5.97 Å². The molecule has 0 radical (unpaired) electrons. The number of carboxylic acid groups (broad SMARTS) is 1. The van der Waals surface area contributed by atoms with Crippen molar-refractivity contribution in [3.05, 3.63) is 24.5 Å². The van der Waals surface area contributed by atoms with Crippen LogP contribution in [0.4, 0.5) is 0 Å². The summed E-state index contributed by atoms with van der Waals surface area (Å²) in [7, 11) is 0. The van der Waals surface area contributed by atoms with Gasteiger partial charge in [-0.3, -0.25) is 0 Å². The molecule has 0 unspecified atom stereocenters. The van der Waals surface area contributed by atoms with Gasteiger partial charge in [0.25, 0.3) is 0 Å². The fraction of sp³-hybridized carbons (Fsp3) is 0.375. The van der Waals surface area contributed by atoms with E-state index in [9.17, 15) is 4.79 Å². The third-order valence-corrected chi connectivity index (χ3v) is 1.17. The lowest BCUT2D eigenvalue weighted by Gasteiger charge is -1.91. The quantitative estimate of drug-likeness (QED) is 0.276. The molecule has 0 saturated carbocycles. The molecule has 0 aromatic carbocycles. The van der Waals surface area contributed by atoms with E-state index in [4.69, 9.17) is 10.2 Å². The maximum absolute atomic E-state index is 10.0. The normalized spacial score (nSPS) is 11.1. The molecule has 0 bridgehead atoms. The summed E-state index contributed by atoms with van der Waals surface area (Å²) in [6, 6.07) is 0. The van der Waals surface area contributed by atoms with Crippen molar-refractivity contribution in [3.8, 4) is 0 Å². The molecule has 0 heterocycles. The highest BCUT2D eigenvalue weighted by atomic mass is 16.4. The van der Waals surface area contributed by atoms with E-state index in [0.29, 0.717) is 6.42 Å². The van der Waals surface area contributed by atoms with Gasteiger partial charge < -0.3 is 10.2 Å². The average molecular weight is 156 g/mol. The Morgan fingerprint density at radius 1 is 1.36 bits per heavy atom. The zero-order valence-corrected chi connectivity index (χ0v) is 6.29. The molecule has 3 nitrogen and oxygen atoms in total. The molecule has 0 aliphatic heterocycles. The Bertz CT molecular complexity index is 170. The van der Waals surface area contributed by atoms with Gasteiger partial charge in [-0.2, -0.15) is 0 Å². The first-order valence-electron chi connectivity index (χ1n) is 3.41. The van der Waals surface area contributed by atoms with Gasteiger partial charge in [-0.05, 0) is 25.3 Å². The number of aliphatic hydroxyl groups excluding tert-OH is 1. The molecule has 0 atom stereocenters. The minimum atomic E-state index is -1.27. The Labute approximate surface area is 65.7 Å². The van der Waals surface area contributed by atoms with E-state index in [-0.39, 0.29) is 0 Å². The summed E-state index contributed by atoms with van der Waals surface area (Å²) in [6.07, 6.45) is 5.28. The van der Waals surface area contributed by atoms with Crippen LogP contribution in [-0.2, 0) is 4.79 Å². The second-order valence-corrected chi connectivity index (χ2v) is 2.11. The average Bonchev–Trinajstić information content (AvgIpc) is 1.97. The molecule has 62 valence electrons. The second-order valence-electron chi connectivity index (χ2n) is 2.11. The summed E-state index contributed by atoms with van der Waals surface area (Å²) in [5, 5.41) is 16.9. The van der Waals surface area contributed by atoms with Gasteiger partial charge in [0.05, 0.1) is 0 Å². The van der Waals surface area contributed by atoms with Crippen molar-refractivity contribution < 1.29 is 15.0 Å². The minimum Gasteiger partial charge on any atom is -0.502 e. The summed E-state index contributed by atoms with van der Waals surface area (Å²) in [5.74, 6) is -1.85. The fourth-order valence-corrected chi connectivity index (χ4v) is 0.588.